The Labute approximate surface area is 110 Å². The molecule has 0 aliphatic rings. The van der Waals surface area contributed by atoms with Crippen molar-refractivity contribution in [2.75, 3.05) is 0 Å². The minimum absolute atomic E-state index is 0.0858. The first-order valence-corrected chi connectivity index (χ1v) is 6.17. The molecule has 0 bridgehead atoms. The van der Waals surface area contributed by atoms with E-state index in [1.54, 1.807) is 18.2 Å². The molecule has 0 saturated carbocycles. The first kappa shape index (κ1) is 13.8. The van der Waals surface area contributed by atoms with Crippen LogP contribution in [0.1, 0.15) is 10.4 Å². The fraction of sp³-hybridized carbons (Fsp3) is 0.250. The largest absolute Gasteiger partial charge is 0.480 e. The second kappa shape index (κ2) is 4.82. The number of rotatable bonds is 3. The quantitative estimate of drug-likeness (QED) is 0.913. The molecular weight excluding hydrogens is 279 g/mol. The molecule has 0 fully saturated rings. The number of thiophene rings is 1. The number of carboxylic acid groups (broad SMARTS) is 1. The highest BCUT2D eigenvalue weighted by Gasteiger charge is 2.32. The molecule has 2 aromatic rings. The van der Waals surface area contributed by atoms with Crippen molar-refractivity contribution >= 4 is 27.4 Å². The average Bonchev–Trinajstić information content (AvgIpc) is 2.71. The molecule has 0 saturated heterocycles. The van der Waals surface area contributed by atoms with E-state index in [1.807, 2.05) is 0 Å². The molecule has 0 spiro atoms. The van der Waals surface area contributed by atoms with Gasteiger partial charge < -0.3 is 10.8 Å². The number of nitrogens with two attached hydrogens (primary N) is 1. The summed E-state index contributed by atoms with van der Waals surface area (Å²) in [6.07, 6.45) is -4.27. The maximum Gasteiger partial charge on any atom is 0.425 e. The average molecular weight is 289 g/mol. The van der Waals surface area contributed by atoms with Crippen LogP contribution in [0.5, 0.6) is 0 Å². The van der Waals surface area contributed by atoms with Gasteiger partial charge in [-0.15, -0.1) is 11.3 Å². The maximum absolute atomic E-state index is 12.6. The minimum Gasteiger partial charge on any atom is -0.480 e. The number of aliphatic carboxylic acids is 1. The van der Waals surface area contributed by atoms with Crippen molar-refractivity contribution < 1.29 is 23.1 Å². The van der Waals surface area contributed by atoms with Crippen molar-refractivity contribution in [2.45, 2.75) is 18.6 Å². The van der Waals surface area contributed by atoms with Crippen LogP contribution in [0.2, 0.25) is 0 Å². The third kappa shape index (κ3) is 3.05. The van der Waals surface area contributed by atoms with Crippen molar-refractivity contribution in [1.82, 2.24) is 0 Å². The standard InChI is InChI=1S/C12H10F3NO2S/c13-12(14,15)10-5-7-3-6(1-2-9(7)19-10)4-8(16)11(17)18/h1-3,5,8H,4,16H2,(H,17,18). The fourth-order valence-electron chi connectivity index (χ4n) is 1.70. The molecule has 0 amide bonds. The Bertz CT molecular complexity index is 621. The Balaban J connectivity index is 2.33. The van der Waals surface area contributed by atoms with Crippen molar-refractivity contribution in [3.05, 3.63) is 34.7 Å². The molecule has 19 heavy (non-hydrogen) atoms. The summed E-state index contributed by atoms with van der Waals surface area (Å²) < 4.78 is 38.2. The maximum atomic E-state index is 12.6. The zero-order valence-electron chi connectivity index (χ0n) is 9.57. The van der Waals surface area contributed by atoms with Crippen molar-refractivity contribution in [2.24, 2.45) is 5.73 Å². The Morgan fingerprint density at radius 1 is 1.37 bits per heavy atom. The second-order valence-electron chi connectivity index (χ2n) is 4.13. The first-order chi connectivity index (χ1) is 8.77. The summed E-state index contributed by atoms with van der Waals surface area (Å²) in [4.78, 5) is 9.97. The third-order valence-electron chi connectivity index (χ3n) is 2.63. The molecule has 7 heteroatoms. The molecule has 1 unspecified atom stereocenters. The molecule has 0 aliphatic heterocycles. The van der Waals surface area contributed by atoms with Gasteiger partial charge in [-0.05, 0) is 29.5 Å². The van der Waals surface area contributed by atoms with E-state index >= 15 is 0 Å². The van der Waals surface area contributed by atoms with Gasteiger partial charge in [0, 0.05) is 4.70 Å². The lowest BCUT2D eigenvalue weighted by molar-refractivity contribution is -0.138. The Hall–Kier alpha value is -1.60. The highest BCUT2D eigenvalue weighted by atomic mass is 32.1. The first-order valence-electron chi connectivity index (χ1n) is 5.35. The smallest absolute Gasteiger partial charge is 0.425 e. The predicted octanol–water partition coefficient (Wildman–Crippen LogP) is 2.87. The number of carbonyl (C=O) groups is 1. The summed E-state index contributed by atoms with van der Waals surface area (Å²) >= 11 is 0.666. The summed E-state index contributed by atoms with van der Waals surface area (Å²) in [6, 6.07) is 4.71. The SMILES string of the molecule is NC(Cc1ccc2sc(C(F)(F)F)cc2c1)C(=O)O. The van der Waals surface area contributed by atoms with Gasteiger partial charge in [0.25, 0.3) is 0 Å². The molecule has 102 valence electrons. The highest BCUT2D eigenvalue weighted by Crippen LogP contribution is 2.38. The lowest BCUT2D eigenvalue weighted by Gasteiger charge is -2.06. The summed E-state index contributed by atoms with van der Waals surface area (Å²) in [5.74, 6) is -1.14. The molecule has 0 radical (unpaired) electrons. The van der Waals surface area contributed by atoms with Crippen LogP contribution in [0.3, 0.4) is 0 Å². The van der Waals surface area contributed by atoms with Gasteiger partial charge in [-0.1, -0.05) is 12.1 Å². The van der Waals surface area contributed by atoms with Gasteiger partial charge in [0.05, 0.1) is 0 Å². The van der Waals surface area contributed by atoms with Gasteiger partial charge in [-0.2, -0.15) is 13.2 Å². The van der Waals surface area contributed by atoms with E-state index in [1.165, 1.54) is 0 Å². The van der Waals surface area contributed by atoms with Crippen LogP contribution < -0.4 is 5.73 Å². The van der Waals surface area contributed by atoms with Crippen LogP contribution >= 0.6 is 11.3 Å². The van der Waals surface area contributed by atoms with Gasteiger partial charge in [0.1, 0.15) is 10.9 Å². The number of fused-ring (bicyclic) bond motifs is 1. The van der Waals surface area contributed by atoms with Crippen molar-refractivity contribution in [3.8, 4) is 0 Å². The highest BCUT2D eigenvalue weighted by molar-refractivity contribution is 7.19. The molecule has 1 atom stereocenters. The Kier molecular flexibility index (Phi) is 3.51. The summed E-state index contributed by atoms with van der Waals surface area (Å²) in [5, 5.41) is 9.15. The molecule has 0 aliphatic carbocycles. The van der Waals surface area contributed by atoms with Gasteiger partial charge in [0.2, 0.25) is 0 Å². The Morgan fingerprint density at radius 2 is 2.05 bits per heavy atom. The molecule has 3 nitrogen and oxygen atoms in total. The number of hydrogen-bond acceptors (Lipinski definition) is 3. The predicted molar refractivity (Wildman–Crippen MR) is 66.1 cm³/mol. The van der Waals surface area contributed by atoms with Gasteiger partial charge in [0.15, 0.2) is 0 Å². The number of benzene rings is 1. The molecule has 2 rings (SSSR count). The van der Waals surface area contributed by atoms with Gasteiger partial charge in [-0.3, -0.25) is 4.79 Å². The monoisotopic (exact) mass is 289 g/mol. The number of alkyl halides is 3. The number of carboxylic acids is 1. The summed E-state index contributed by atoms with van der Waals surface area (Å²) in [6.45, 7) is 0. The van der Waals surface area contributed by atoms with Crippen molar-refractivity contribution in [3.63, 3.8) is 0 Å². The summed E-state index contributed by atoms with van der Waals surface area (Å²) in [5.41, 5.74) is 6.00. The molecule has 1 heterocycles. The lowest BCUT2D eigenvalue weighted by Crippen LogP contribution is -2.32. The van der Waals surface area contributed by atoms with Crippen LogP contribution in [0.25, 0.3) is 10.1 Å². The molecule has 3 N–H and O–H groups in total. The summed E-state index contributed by atoms with van der Waals surface area (Å²) in [7, 11) is 0. The minimum atomic E-state index is -4.36. The van der Waals surface area contributed by atoms with Crippen LogP contribution in [0.15, 0.2) is 24.3 Å². The topological polar surface area (TPSA) is 63.3 Å². The number of halogens is 3. The second-order valence-corrected chi connectivity index (χ2v) is 5.21. The molecule has 1 aromatic carbocycles. The normalized spacial score (nSPS) is 13.7. The molecular formula is C12H10F3NO2S. The Morgan fingerprint density at radius 3 is 2.63 bits per heavy atom. The van der Waals surface area contributed by atoms with E-state index < -0.39 is 23.1 Å². The van der Waals surface area contributed by atoms with E-state index in [9.17, 15) is 18.0 Å². The zero-order valence-corrected chi connectivity index (χ0v) is 10.4. The van der Waals surface area contributed by atoms with E-state index in [4.69, 9.17) is 10.8 Å². The third-order valence-corrected chi connectivity index (χ3v) is 3.79. The lowest BCUT2D eigenvalue weighted by atomic mass is 10.1. The molecule has 1 aromatic heterocycles. The van der Waals surface area contributed by atoms with Gasteiger partial charge in [-0.25, -0.2) is 0 Å². The van der Waals surface area contributed by atoms with E-state index in [-0.39, 0.29) is 6.42 Å². The van der Waals surface area contributed by atoms with Crippen LogP contribution in [0.4, 0.5) is 13.2 Å². The van der Waals surface area contributed by atoms with Gasteiger partial charge >= 0.3 is 12.1 Å². The van der Waals surface area contributed by atoms with E-state index in [0.717, 1.165) is 6.07 Å². The zero-order chi connectivity index (χ0) is 14.2. The van der Waals surface area contributed by atoms with E-state index in [0.29, 0.717) is 27.0 Å². The number of hydrogen-bond donors (Lipinski definition) is 2. The van der Waals surface area contributed by atoms with Crippen LogP contribution in [-0.4, -0.2) is 17.1 Å². The van der Waals surface area contributed by atoms with E-state index in [2.05, 4.69) is 0 Å². The fourth-order valence-corrected chi connectivity index (χ4v) is 2.61. The van der Waals surface area contributed by atoms with Crippen LogP contribution in [-0.2, 0) is 17.4 Å². The van der Waals surface area contributed by atoms with Crippen molar-refractivity contribution in [1.29, 1.82) is 0 Å². The van der Waals surface area contributed by atoms with Crippen LogP contribution in [0, 0.1) is 0 Å².